The van der Waals surface area contributed by atoms with Crippen molar-refractivity contribution in [1.82, 2.24) is 0 Å². The molecule has 0 saturated heterocycles. The second-order valence-electron chi connectivity index (χ2n) is 4.24. The average Bonchev–Trinajstić information content (AvgIpc) is 2.92. The van der Waals surface area contributed by atoms with E-state index in [4.69, 9.17) is 19.4 Å². The summed E-state index contributed by atoms with van der Waals surface area (Å²) >= 11 is 0. The maximum atomic E-state index is 10.4. The van der Waals surface area contributed by atoms with Crippen molar-refractivity contribution in [3.05, 3.63) is 23.7 Å². The molecule has 0 aliphatic carbocycles. The quantitative estimate of drug-likeness (QED) is 0.330. The van der Waals surface area contributed by atoms with Crippen molar-refractivity contribution in [2.45, 2.75) is 31.0 Å². The van der Waals surface area contributed by atoms with Gasteiger partial charge in [0.05, 0.1) is 13.2 Å². The third-order valence-corrected chi connectivity index (χ3v) is 2.66. The number of aliphatic hydroxyl groups excluding tert-OH is 5. The van der Waals surface area contributed by atoms with E-state index in [1.807, 2.05) is 0 Å². The molecule has 4 atom stereocenters. The van der Waals surface area contributed by atoms with Crippen molar-refractivity contribution in [1.29, 1.82) is 0 Å². The van der Waals surface area contributed by atoms with Crippen molar-refractivity contribution in [2.75, 3.05) is 13.2 Å². The third kappa shape index (κ3) is 4.67. The van der Waals surface area contributed by atoms with Gasteiger partial charge in [0.2, 0.25) is 0 Å². The van der Waals surface area contributed by atoms with E-state index >= 15 is 0 Å². The number of carbonyl (C=O) groups is 1. The molecule has 0 amide bonds. The van der Waals surface area contributed by atoms with Crippen LogP contribution in [0.3, 0.4) is 0 Å². The molecule has 0 radical (unpaired) electrons. The Labute approximate surface area is 114 Å². The van der Waals surface area contributed by atoms with Gasteiger partial charge in [-0.3, -0.25) is 4.79 Å². The first-order valence-corrected chi connectivity index (χ1v) is 5.94. The molecule has 0 bridgehead atoms. The number of hydrogen-bond donors (Lipinski definition) is 5. The fraction of sp³-hybridized carbons (Fsp3) is 0.583. The summed E-state index contributed by atoms with van der Waals surface area (Å²) in [7, 11) is 0. The lowest BCUT2D eigenvalue weighted by atomic mass is 10.0. The van der Waals surface area contributed by atoms with E-state index in [9.17, 15) is 20.1 Å². The largest absolute Gasteiger partial charge is 0.456 e. The zero-order chi connectivity index (χ0) is 15.1. The van der Waals surface area contributed by atoms with Crippen molar-refractivity contribution in [3.63, 3.8) is 0 Å². The van der Waals surface area contributed by atoms with E-state index in [-0.39, 0.29) is 19.0 Å². The highest BCUT2D eigenvalue weighted by Gasteiger charge is 2.30. The summed E-state index contributed by atoms with van der Waals surface area (Å²) < 4.78 is 10.1. The standard InChI is InChI=1S/C12H18O8/c13-3-7-1-2-8(20-7)5-19-6-10(16)12(18)11(17)9(15)4-14/h1-3,9-12,14-18H,4-6H2/t9-,10-,11-,12-/m1/s1. The zero-order valence-electron chi connectivity index (χ0n) is 10.6. The first-order valence-electron chi connectivity index (χ1n) is 5.94. The lowest BCUT2D eigenvalue weighted by Gasteiger charge is -2.25. The minimum atomic E-state index is -1.69. The summed E-state index contributed by atoms with van der Waals surface area (Å²) in [5.74, 6) is 0.510. The summed E-state index contributed by atoms with van der Waals surface area (Å²) in [5, 5.41) is 46.2. The van der Waals surface area contributed by atoms with Crippen LogP contribution < -0.4 is 0 Å². The molecule has 5 N–H and O–H groups in total. The first-order chi connectivity index (χ1) is 9.49. The normalized spacial score (nSPS) is 17.4. The number of aliphatic hydroxyl groups is 5. The molecule has 0 aromatic carbocycles. The monoisotopic (exact) mass is 290 g/mol. The van der Waals surface area contributed by atoms with Crippen molar-refractivity contribution in [3.8, 4) is 0 Å². The number of hydrogen-bond acceptors (Lipinski definition) is 8. The van der Waals surface area contributed by atoms with Gasteiger partial charge in [0.1, 0.15) is 36.8 Å². The molecule has 1 aromatic heterocycles. The third-order valence-electron chi connectivity index (χ3n) is 2.66. The summed E-state index contributed by atoms with van der Waals surface area (Å²) in [4.78, 5) is 10.4. The molecule has 8 heteroatoms. The van der Waals surface area contributed by atoms with Crippen molar-refractivity contribution < 1.29 is 39.5 Å². The second kappa shape index (κ2) is 8.10. The zero-order valence-corrected chi connectivity index (χ0v) is 10.6. The Hall–Kier alpha value is -1.29. The van der Waals surface area contributed by atoms with Crippen LogP contribution in [0.5, 0.6) is 0 Å². The Morgan fingerprint density at radius 1 is 1.15 bits per heavy atom. The Bertz CT molecular complexity index is 404. The Kier molecular flexibility index (Phi) is 6.79. The molecule has 1 aromatic rings. The summed E-state index contributed by atoms with van der Waals surface area (Å²) in [6, 6.07) is 2.98. The molecule has 8 nitrogen and oxygen atoms in total. The van der Waals surface area contributed by atoms with Crippen LogP contribution >= 0.6 is 0 Å². The fourth-order valence-electron chi connectivity index (χ4n) is 1.48. The van der Waals surface area contributed by atoms with E-state index in [0.717, 1.165) is 0 Å². The highest BCUT2D eigenvalue weighted by molar-refractivity contribution is 5.70. The molecule has 0 saturated carbocycles. The first kappa shape index (κ1) is 16.8. The van der Waals surface area contributed by atoms with Crippen LogP contribution in [0.1, 0.15) is 16.3 Å². The predicted molar refractivity (Wildman–Crippen MR) is 64.9 cm³/mol. The molecule has 1 heterocycles. The number of carbonyl (C=O) groups excluding carboxylic acids is 1. The van der Waals surface area contributed by atoms with Gasteiger partial charge in [-0.2, -0.15) is 0 Å². The topological polar surface area (TPSA) is 141 Å². The maximum Gasteiger partial charge on any atom is 0.185 e. The minimum Gasteiger partial charge on any atom is -0.456 e. The van der Waals surface area contributed by atoms with Gasteiger partial charge in [-0.05, 0) is 12.1 Å². The molecule has 0 fully saturated rings. The molecular formula is C12H18O8. The van der Waals surface area contributed by atoms with Gasteiger partial charge in [-0.25, -0.2) is 0 Å². The van der Waals surface area contributed by atoms with Gasteiger partial charge < -0.3 is 34.7 Å². The summed E-state index contributed by atoms with van der Waals surface area (Å²) in [6.07, 6.45) is -5.83. The summed E-state index contributed by atoms with van der Waals surface area (Å²) in [5.41, 5.74) is 0. The number of ether oxygens (including phenoxy) is 1. The smallest absolute Gasteiger partial charge is 0.185 e. The fourth-order valence-corrected chi connectivity index (χ4v) is 1.48. The maximum absolute atomic E-state index is 10.4. The second-order valence-corrected chi connectivity index (χ2v) is 4.24. The van der Waals surface area contributed by atoms with E-state index in [2.05, 4.69) is 0 Å². The molecule has 20 heavy (non-hydrogen) atoms. The van der Waals surface area contributed by atoms with E-state index in [1.165, 1.54) is 12.1 Å². The van der Waals surface area contributed by atoms with Crippen LogP contribution in [-0.4, -0.2) is 69.4 Å². The highest BCUT2D eigenvalue weighted by Crippen LogP contribution is 2.09. The molecule has 0 spiro atoms. The van der Waals surface area contributed by atoms with Crippen LogP contribution in [0, 0.1) is 0 Å². The Morgan fingerprint density at radius 2 is 1.80 bits per heavy atom. The van der Waals surface area contributed by atoms with Gasteiger partial charge in [0, 0.05) is 0 Å². The molecular weight excluding hydrogens is 272 g/mol. The highest BCUT2D eigenvalue weighted by atomic mass is 16.5. The molecule has 0 unspecified atom stereocenters. The van der Waals surface area contributed by atoms with Gasteiger partial charge >= 0.3 is 0 Å². The van der Waals surface area contributed by atoms with E-state index in [1.54, 1.807) is 0 Å². The molecule has 0 aliphatic rings. The van der Waals surface area contributed by atoms with Gasteiger partial charge in [0.25, 0.3) is 0 Å². The van der Waals surface area contributed by atoms with Crippen LogP contribution in [0.25, 0.3) is 0 Å². The van der Waals surface area contributed by atoms with Crippen LogP contribution in [0.15, 0.2) is 16.5 Å². The molecule has 0 aliphatic heterocycles. The lowest BCUT2D eigenvalue weighted by molar-refractivity contribution is -0.130. The van der Waals surface area contributed by atoms with E-state index in [0.29, 0.717) is 12.0 Å². The molecule has 114 valence electrons. The van der Waals surface area contributed by atoms with Crippen LogP contribution in [-0.2, 0) is 11.3 Å². The van der Waals surface area contributed by atoms with Gasteiger partial charge in [-0.15, -0.1) is 0 Å². The van der Waals surface area contributed by atoms with Crippen LogP contribution in [0.2, 0.25) is 0 Å². The van der Waals surface area contributed by atoms with Crippen molar-refractivity contribution >= 4 is 6.29 Å². The average molecular weight is 290 g/mol. The Balaban J connectivity index is 2.35. The predicted octanol–water partition coefficient (Wildman–Crippen LogP) is -1.96. The van der Waals surface area contributed by atoms with E-state index < -0.39 is 31.0 Å². The minimum absolute atomic E-state index is 0.0315. The lowest BCUT2D eigenvalue weighted by Crippen LogP contribution is -2.47. The number of furan rings is 1. The van der Waals surface area contributed by atoms with Crippen molar-refractivity contribution in [2.24, 2.45) is 0 Å². The van der Waals surface area contributed by atoms with Crippen LogP contribution in [0.4, 0.5) is 0 Å². The summed E-state index contributed by atoms with van der Waals surface area (Å²) in [6.45, 7) is -1.10. The SMILES string of the molecule is O=Cc1ccc(COC[C@@H](O)[C@@H](O)[C@H](O)[C@H](O)CO)o1. The van der Waals surface area contributed by atoms with Gasteiger partial charge in [-0.1, -0.05) is 0 Å². The number of rotatable bonds is 9. The Morgan fingerprint density at radius 3 is 2.35 bits per heavy atom. The number of aldehydes is 1. The van der Waals surface area contributed by atoms with Gasteiger partial charge in [0.15, 0.2) is 12.0 Å². The molecule has 1 rings (SSSR count).